The highest BCUT2D eigenvalue weighted by Crippen LogP contribution is 2.07. The SMILES string of the molecule is CC(C)CC(C)NC(=O)NC(CC(=O)O)C(C)C. The van der Waals surface area contributed by atoms with Crippen molar-refractivity contribution in [1.82, 2.24) is 10.6 Å². The Morgan fingerprint density at radius 1 is 1.06 bits per heavy atom. The second-order valence-electron chi connectivity index (χ2n) is 5.60. The molecule has 3 N–H and O–H groups in total. The van der Waals surface area contributed by atoms with E-state index in [0.29, 0.717) is 5.92 Å². The summed E-state index contributed by atoms with van der Waals surface area (Å²) in [5.74, 6) is -0.295. The molecule has 0 bridgehead atoms. The summed E-state index contributed by atoms with van der Waals surface area (Å²) in [6, 6.07) is -0.542. The van der Waals surface area contributed by atoms with Gasteiger partial charge in [0.2, 0.25) is 0 Å². The van der Waals surface area contributed by atoms with Gasteiger partial charge in [0.15, 0.2) is 0 Å². The number of hydrogen-bond donors (Lipinski definition) is 3. The second-order valence-corrected chi connectivity index (χ2v) is 5.60. The highest BCUT2D eigenvalue weighted by atomic mass is 16.4. The van der Waals surface area contributed by atoms with Crippen LogP contribution in [0.2, 0.25) is 0 Å². The Labute approximate surface area is 109 Å². The van der Waals surface area contributed by atoms with Crippen LogP contribution in [0, 0.1) is 11.8 Å². The lowest BCUT2D eigenvalue weighted by Crippen LogP contribution is -2.48. The molecule has 0 aromatic carbocycles. The number of aliphatic carboxylic acids is 1. The molecule has 0 aliphatic carbocycles. The molecule has 2 atom stereocenters. The summed E-state index contributed by atoms with van der Waals surface area (Å²) in [6.45, 7) is 9.92. The molecular formula is C13H26N2O3. The molecule has 0 spiro atoms. The number of amides is 2. The predicted octanol–water partition coefficient (Wildman–Crippen LogP) is 2.22. The normalized spacial score (nSPS) is 14.4. The molecule has 0 aromatic rings. The Morgan fingerprint density at radius 3 is 2.00 bits per heavy atom. The summed E-state index contributed by atoms with van der Waals surface area (Å²) in [6.07, 6.45) is 0.850. The van der Waals surface area contributed by atoms with Crippen molar-refractivity contribution in [3.8, 4) is 0 Å². The van der Waals surface area contributed by atoms with Gasteiger partial charge in [-0.3, -0.25) is 4.79 Å². The quantitative estimate of drug-likeness (QED) is 0.655. The van der Waals surface area contributed by atoms with E-state index in [-0.39, 0.29) is 30.5 Å². The van der Waals surface area contributed by atoms with E-state index >= 15 is 0 Å². The molecule has 5 heteroatoms. The second kappa shape index (κ2) is 7.95. The van der Waals surface area contributed by atoms with Gasteiger partial charge in [0.05, 0.1) is 6.42 Å². The van der Waals surface area contributed by atoms with Gasteiger partial charge in [0, 0.05) is 12.1 Å². The highest BCUT2D eigenvalue weighted by Gasteiger charge is 2.20. The fraction of sp³-hybridized carbons (Fsp3) is 0.846. The van der Waals surface area contributed by atoms with E-state index in [1.165, 1.54) is 0 Å². The molecular weight excluding hydrogens is 232 g/mol. The molecule has 0 aliphatic heterocycles. The molecule has 0 radical (unpaired) electrons. The van der Waals surface area contributed by atoms with Crippen LogP contribution in [0.25, 0.3) is 0 Å². The first kappa shape index (κ1) is 16.7. The molecule has 2 amide bonds. The van der Waals surface area contributed by atoms with E-state index in [1.54, 1.807) is 0 Å². The molecule has 0 aromatic heterocycles. The van der Waals surface area contributed by atoms with Gasteiger partial charge in [-0.1, -0.05) is 27.7 Å². The summed E-state index contributed by atoms with van der Waals surface area (Å²) in [5.41, 5.74) is 0. The number of carboxylic acid groups (broad SMARTS) is 1. The first-order valence-electron chi connectivity index (χ1n) is 6.51. The van der Waals surface area contributed by atoms with Crippen LogP contribution in [0.3, 0.4) is 0 Å². The smallest absolute Gasteiger partial charge is 0.315 e. The Morgan fingerprint density at radius 2 is 1.61 bits per heavy atom. The number of rotatable bonds is 7. The third-order valence-electron chi connectivity index (χ3n) is 2.72. The van der Waals surface area contributed by atoms with Gasteiger partial charge in [0.1, 0.15) is 0 Å². The molecule has 106 valence electrons. The average molecular weight is 258 g/mol. The van der Waals surface area contributed by atoms with E-state index in [0.717, 1.165) is 6.42 Å². The molecule has 0 heterocycles. The number of nitrogens with one attached hydrogen (secondary N) is 2. The van der Waals surface area contributed by atoms with E-state index < -0.39 is 5.97 Å². The number of hydrogen-bond acceptors (Lipinski definition) is 2. The van der Waals surface area contributed by atoms with Crippen LogP contribution in [0.1, 0.15) is 47.5 Å². The highest BCUT2D eigenvalue weighted by molar-refractivity contribution is 5.76. The third kappa shape index (κ3) is 7.92. The molecule has 0 rings (SSSR count). The first-order chi connectivity index (χ1) is 8.22. The summed E-state index contributed by atoms with van der Waals surface area (Å²) in [7, 11) is 0. The molecule has 5 nitrogen and oxygen atoms in total. The van der Waals surface area contributed by atoms with Crippen molar-refractivity contribution in [2.75, 3.05) is 0 Å². The zero-order chi connectivity index (χ0) is 14.3. The summed E-state index contributed by atoms with van der Waals surface area (Å²) in [4.78, 5) is 22.4. The van der Waals surface area contributed by atoms with Crippen LogP contribution >= 0.6 is 0 Å². The van der Waals surface area contributed by atoms with Crippen molar-refractivity contribution in [2.45, 2.75) is 59.5 Å². The van der Waals surface area contributed by atoms with E-state index in [2.05, 4.69) is 24.5 Å². The van der Waals surface area contributed by atoms with Crippen molar-refractivity contribution < 1.29 is 14.7 Å². The van der Waals surface area contributed by atoms with Gasteiger partial charge in [-0.15, -0.1) is 0 Å². The summed E-state index contributed by atoms with van der Waals surface area (Å²) in [5, 5.41) is 14.3. The van der Waals surface area contributed by atoms with Gasteiger partial charge in [0.25, 0.3) is 0 Å². The molecule has 0 saturated carbocycles. The van der Waals surface area contributed by atoms with Crippen LogP contribution in [0.5, 0.6) is 0 Å². The van der Waals surface area contributed by atoms with Crippen molar-refractivity contribution in [2.24, 2.45) is 11.8 Å². The molecule has 0 fully saturated rings. The Bertz CT molecular complexity index is 277. The fourth-order valence-corrected chi connectivity index (χ4v) is 1.84. The van der Waals surface area contributed by atoms with Crippen LogP contribution in [-0.4, -0.2) is 29.2 Å². The van der Waals surface area contributed by atoms with Gasteiger partial charge >= 0.3 is 12.0 Å². The Kier molecular flexibility index (Phi) is 7.39. The lowest BCUT2D eigenvalue weighted by atomic mass is 10.0. The van der Waals surface area contributed by atoms with Gasteiger partial charge < -0.3 is 15.7 Å². The predicted molar refractivity (Wildman–Crippen MR) is 71.5 cm³/mol. The van der Waals surface area contributed by atoms with Crippen LogP contribution in [0.15, 0.2) is 0 Å². The van der Waals surface area contributed by atoms with Crippen LogP contribution in [-0.2, 0) is 4.79 Å². The maximum atomic E-state index is 11.7. The molecule has 2 unspecified atom stereocenters. The van der Waals surface area contributed by atoms with E-state index in [4.69, 9.17) is 5.11 Å². The molecule has 0 aliphatic rings. The van der Waals surface area contributed by atoms with Gasteiger partial charge in [-0.25, -0.2) is 4.79 Å². The molecule has 18 heavy (non-hydrogen) atoms. The Hall–Kier alpha value is -1.26. The average Bonchev–Trinajstić information content (AvgIpc) is 2.13. The standard InChI is InChI=1S/C13H26N2O3/c1-8(2)6-10(5)14-13(18)15-11(9(3)4)7-12(16)17/h8-11H,6-7H2,1-5H3,(H,16,17)(H2,14,15,18). The maximum Gasteiger partial charge on any atom is 0.315 e. The van der Waals surface area contributed by atoms with Crippen molar-refractivity contribution >= 4 is 12.0 Å². The van der Waals surface area contributed by atoms with Gasteiger partial charge in [-0.05, 0) is 25.2 Å². The largest absolute Gasteiger partial charge is 0.481 e. The first-order valence-corrected chi connectivity index (χ1v) is 6.51. The maximum absolute atomic E-state index is 11.7. The van der Waals surface area contributed by atoms with Crippen molar-refractivity contribution in [3.05, 3.63) is 0 Å². The lowest BCUT2D eigenvalue weighted by Gasteiger charge is -2.23. The summed E-state index contributed by atoms with van der Waals surface area (Å²) < 4.78 is 0. The van der Waals surface area contributed by atoms with Crippen LogP contribution < -0.4 is 10.6 Å². The monoisotopic (exact) mass is 258 g/mol. The minimum atomic E-state index is -0.899. The number of carbonyl (C=O) groups excluding carboxylic acids is 1. The minimum absolute atomic E-state index is 0.0519. The zero-order valence-electron chi connectivity index (χ0n) is 12.0. The number of urea groups is 1. The summed E-state index contributed by atoms with van der Waals surface area (Å²) >= 11 is 0. The lowest BCUT2D eigenvalue weighted by molar-refractivity contribution is -0.137. The van der Waals surface area contributed by atoms with Gasteiger partial charge in [-0.2, -0.15) is 0 Å². The fourth-order valence-electron chi connectivity index (χ4n) is 1.84. The van der Waals surface area contributed by atoms with E-state index in [1.807, 2.05) is 20.8 Å². The third-order valence-corrected chi connectivity index (χ3v) is 2.72. The van der Waals surface area contributed by atoms with Crippen LogP contribution in [0.4, 0.5) is 4.79 Å². The molecule has 0 saturated heterocycles. The Balaban J connectivity index is 4.21. The zero-order valence-corrected chi connectivity index (χ0v) is 12.0. The topological polar surface area (TPSA) is 78.4 Å². The number of carbonyl (C=O) groups is 2. The number of carboxylic acids is 1. The van der Waals surface area contributed by atoms with Crippen molar-refractivity contribution in [1.29, 1.82) is 0 Å². The minimum Gasteiger partial charge on any atom is -0.481 e. The van der Waals surface area contributed by atoms with E-state index in [9.17, 15) is 9.59 Å². The van der Waals surface area contributed by atoms with Crippen molar-refractivity contribution in [3.63, 3.8) is 0 Å².